The van der Waals surface area contributed by atoms with Crippen molar-refractivity contribution in [2.75, 3.05) is 6.54 Å². The van der Waals surface area contributed by atoms with Gasteiger partial charge in [-0.2, -0.15) is 0 Å². The van der Waals surface area contributed by atoms with E-state index in [4.69, 9.17) is 11.6 Å². The van der Waals surface area contributed by atoms with E-state index in [1.165, 1.54) is 12.1 Å². The van der Waals surface area contributed by atoms with E-state index in [1.807, 2.05) is 0 Å². The molecule has 0 spiro atoms. The molecule has 3 heteroatoms. The van der Waals surface area contributed by atoms with Crippen LogP contribution in [0.1, 0.15) is 25.8 Å². The zero-order chi connectivity index (χ0) is 11.3. The lowest BCUT2D eigenvalue weighted by molar-refractivity contribution is 0.536. The van der Waals surface area contributed by atoms with Gasteiger partial charge < -0.3 is 5.32 Å². The molecule has 0 saturated carbocycles. The summed E-state index contributed by atoms with van der Waals surface area (Å²) in [6.07, 6.45) is 1.12. The van der Waals surface area contributed by atoms with E-state index in [2.05, 4.69) is 19.2 Å². The molecule has 0 heterocycles. The van der Waals surface area contributed by atoms with Crippen molar-refractivity contribution in [3.63, 3.8) is 0 Å². The first-order chi connectivity index (χ1) is 7.09. The minimum Gasteiger partial charge on any atom is -0.313 e. The molecule has 0 aliphatic rings. The molecule has 0 bridgehead atoms. The van der Waals surface area contributed by atoms with Crippen molar-refractivity contribution >= 4 is 11.6 Å². The molecule has 0 atom stereocenters. The fourth-order valence-electron chi connectivity index (χ4n) is 1.29. The first kappa shape index (κ1) is 12.5. The molecule has 0 unspecified atom stereocenters. The molecule has 0 radical (unpaired) electrons. The van der Waals surface area contributed by atoms with Crippen LogP contribution in [0, 0.1) is 11.7 Å². The van der Waals surface area contributed by atoms with Gasteiger partial charge in [0.1, 0.15) is 5.82 Å². The Morgan fingerprint density at radius 1 is 1.40 bits per heavy atom. The molecular formula is C12H17ClFN. The Morgan fingerprint density at radius 3 is 2.80 bits per heavy atom. The topological polar surface area (TPSA) is 12.0 Å². The Kier molecular flexibility index (Phi) is 5.06. The second-order valence-electron chi connectivity index (χ2n) is 4.10. The van der Waals surface area contributed by atoms with Gasteiger partial charge in [0.05, 0.1) is 0 Å². The predicted octanol–water partition coefficient (Wildman–Crippen LogP) is 3.61. The van der Waals surface area contributed by atoms with E-state index in [0.29, 0.717) is 17.5 Å². The minimum atomic E-state index is -0.236. The Labute approximate surface area is 95.6 Å². The molecule has 15 heavy (non-hydrogen) atoms. The summed E-state index contributed by atoms with van der Waals surface area (Å²) in [4.78, 5) is 0. The van der Waals surface area contributed by atoms with Gasteiger partial charge in [0.15, 0.2) is 0 Å². The minimum absolute atomic E-state index is 0.236. The summed E-state index contributed by atoms with van der Waals surface area (Å²) < 4.78 is 12.9. The largest absolute Gasteiger partial charge is 0.313 e. The monoisotopic (exact) mass is 229 g/mol. The van der Waals surface area contributed by atoms with Crippen LogP contribution in [0.25, 0.3) is 0 Å². The van der Waals surface area contributed by atoms with E-state index in [9.17, 15) is 4.39 Å². The van der Waals surface area contributed by atoms with E-state index >= 15 is 0 Å². The number of benzene rings is 1. The lowest BCUT2D eigenvalue weighted by Crippen LogP contribution is -2.16. The van der Waals surface area contributed by atoms with Gasteiger partial charge >= 0.3 is 0 Å². The van der Waals surface area contributed by atoms with E-state index in [1.54, 1.807) is 6.07 Å². The third-order valence-electron chi connectivity index (χ3n) is 2.22. The highest BCUT2D eigenvalue weighted by atomic mass is 35.5. The van der Waals surface area contributed by atoms with E-state index < -0.39 is 0 Å². The van der Waals surface area contributed by atoms with Crippen molar-refractivity contribution in [1.82, 2.24) is 5.32 Å². The molecule has 1 nitrogen and oxygen atoms in total. The van der Waals surface area contributed by atoms with Gasteiger partial charge in [-0.25, -0.2) is 4.39 Å². The summed E-state index contributed by atoms with van der Waals surface area (Å²) in [5.74, 6) is 0.445. The molecule has 0 amide bonds. The van der Waals surface area contributed by atoms with Gasteiger partial charge in [0, 0.05) is 11.6 Å². The Hall–Kier alpha value is -0.600. The van der Waals surface area contributed by atoms with Crippen LogP contribution in [0.5, 0.6) is 0 Å². The molecule has 0 aliphatic heterocycles. The number of hydrogen-bond donors (Lipinski definition) is 1. The van der Waals surface area contributed by atoms with Gasteiger partial charge in [-0.05, 0) is 42.6 Å². The van der Waals surface area contributed by atoms with Crippen molar-refractivity contribution in [3.05, 3.63) is 34.6 Å². The summed E-state index contributed by atoms with van der Waals surface area (Å²) in [5, 5.41) is 3.87. The van der Waals surface area contributed by atoms with Crippen molar-refractivity contribution in [1.29, 1.82) is 0 Å². The second-order valence-corrected chi connectivity index (χ2v) is 4.50. The second kappa shape index (κ2) is 6.09. The average Bonchev–Trinajstić information content (AvgIpc) is 2.17. The summed E-state index contributed by atoms with van der Waals surface area (Å²) in [6, 6.07) is 4.45. The lowest BCUT2D eigenvalue weighted by Gasteiger charge is -2.08. The fourth-order valence-corrected chi connectivity index (χ4v) is 1.48. The third-order valence-corrected chi connectivity index (χ3v) is 2.59. The standard InChI is InChI=1S/C12H17ClFN/c1-9(2)5-6-15-8-10-7-11(14)3-4-12(10)13/h3-4,7,9,15H,5-6,8H2,1-2H3. The first-order valence-corrected chi connectivity index (χ1v) is 5.62. The lowest BCUT2D eigenvalue weighted by atomic mass is 10.1. The van der Waals surface area contributed by atoms with Crippen LogP contribution >= 0.6 is 11.6 Å². The zero-order valence-electron chi connectivity index (χ0n) is 9.19. The number of nitrogens with one attached hydrogen (secondary N) is 1. The average molecular weight is 230 g/mol. The van der Waals surface area contributed by atoms with Crippen molar-refractivity contribution in [2.24, 2.45) is 5.92 Å². The zero-order valence-corrected chi connectivity index (χ0v) is 9.94. The quantitative estimate of drug-likeness (QED) is 0.761. The summed E-state index contributed by atoms with van der Waals surface area (Å²) >= 11 is 5.93. The van der Waals surface area contributed by atoms with Gasteiger partial charge in [-0.3, -0.25) is 0 Å². The van der Waals surface area contributed by atoms with Crippen LogP contribution in [-0.2, 0) is 6.54 Å². The Balaban J connectivity index is 2.40. The highest BCUT2D eigenvalue weighted by Gasteiger charge is 2.01. The van der Waals surface area contributed by atoms with Crippen LogP contribution in [0.4, 0.5) is 4.39 Å². The van der Waals surface area contributed by atoms with E-state index in [0.717, 1.165) is 18.5 Å². The molecular weight excluding hydrogens is 213 g/mol. The SMILES string of the molecule is CC(C)CCNCc1cc(F)ccc1Cl. The van der Waals surface area contributed by atoms with Gasteiger partial charge in [-0.15, -0.1) is 0 Å². The van der Waals surface area contributed by atoms with Crippen LogP contribution in [0.3, 0.4) is 0 Å². The molecule has 0 aliphatic carbocycles. The molecule has 1 N–H and O–H groups in total. The number of rotatable bonds is 5. The van der Waals surface area contributed by atoms with Crippen molar-refractivity contribution < 1.29 is 4.39 Å². The molecule has 0 fully saturated rings. The predicted molar refractivity (Wildman–Crippen MR) is 62.6 cm³/mol. The Bertz CT molecular complexity index is 312. The normalized spacial score (nSPS) is 11.0. The number of hydrogen-bond acceptors (Lipinski definition) is 1. The van der Waals surface area contributed by atoms with Crippen molar-refractivity contribution in [2.45, 2.75) is 26.8 Å². The molecule has 84 valence electrons. The van der Waals surface area contributed by atoms with Crippen LogP contribution in [0.15, 0.2) is 18.2 Å². The van der Waals surface area contributed by atoms with Gasteiger partial charge in [0.2, 0.25) is 0 Å². The van der Waals surface area contributed by atoms with Crippen LogP contribution in [-0.4, -0.2) is 6.54 Å². The van der Waals surface area contributed by atoms with Crippen LogP contribution in [0.2, 0.25) is 5.02 Å². The first-order valence-electron chi connectivity index (χ1n) is 5.24. The highest BCUT2D eigenvalue weighted by molar-refractivity contribution is 6.31. The van der Waals surface area contributed by atoms with Crippen LogP contribution < -0.4 is 5.32 Å². The summed E-state index contributed by atoms with van der Waals surface area (Å²) in [5.41, 5.74) is 0.820. The molecule has 0 aromatic heterocycles. The fraction of sp³-hybridized carbons (Fsp3) is 0.500. The smallest absolute Gasteiger partial charge is 0.123 e. The van der Waals surface area contributed by atoms with E-state index in [-0.39, 0.29) is 5.82 Å². The highest BCUT2D eigenvalue weighted by Crippen LogP contribution is 2.16. The third kappa shape index (κ3) is 4.63. The maximum atomic E-state index is 12.9. The molecule has 1 aromatic rings. The molecule has 0 saturated heterocycles. The van der Waals surface area contributed by atoms with Gasteiger partial charge in [0.25, 0.3) is 0 Å². The summed E-state index contributed by atoms with van der Waals surface area (Å²) in [6.45, 7) is 5.92. The summed E-state index contributed by atoms with van der Waals surface area (Å²) in [7, 11) is 0. The number of halogens is 2. The van der Waals surface area contributed by atoms with Crippen molar-refractivity contribution in [3.8, 4) is 0 Å². The maximum absolute atomic E-state index is 12.9. The molecule has 1 aromatic carbocycles. The Morgan fingerprint density at radius 2 is 2.13 bits per heavy atom. The maximum Gasteiger partial charge on any atom is 0.123 e. The van der Waals surface area contributed by atoms with Gasteiger partial charge in [-0.1, -0.05) is 25.4 Å². The molecule has 1 rings (SSSR count).